The van der Waals surface area contributed by atoms with Gasteiger partial charge in [-0.25, -0.2) is 0 Å². The number of hydrogen-bond donors (Lipinski definition) is 1. The van der Waals surface area contributed by atoms with Gasteiger partial charge < -0.3 is 5.32 Å². The summed E-state index contributed by atoms with van der Waals surface area (Å²) in [6, 6.07) is 15.6. The van der Waals surface area contributed by atoms with Crippen LogP contribution in [0.5, 0.6) is 0 Å². The molecular weight excluding hydrogens is 288 g/mol. The van der Waals surface area contributed by atoms with Gasteiger partial charge in [0.25, 0.3) is 0 Å². The van der Waals surface area contributed by atoms with Crippen molar-refractivity contribution in [2.24, 2.45) is 0 Å². The third-order valence-corrected chi connectivity index (χ3v) is 5.80. The van der Waals surface area contributed by atoms with Crippen molar-refractivity contribution in [1.82, 2.24) is 9.80 Å². The average Bonchev–Trinajstić information content (AvgIpc) is 2.51. The molecule has 2 nitrogen and oxygen atoms in total. The first-order valence-electron chi connectivity index (χ1n) is 7.98. The van der Waals surface area contributed by atoms with E-state index >= 15 is 0 Å². The van der Waals surface area contributed by atoms with Crippen LogP contribution < -0.4 is 9.80 Å². The fourth-order valence-electron chi connectivity index (χ4n) is 3.15. The van der Waals surface area contributed by atoms with Gasteiger partial charge in [-0.3, -0.25) is 4.48 Å². The maximum Gasteiger partial charge on any atom is 0.146 e. The van der Waals surface area contributed by atoms with E-state index in [1.165, 1.54) is 26.6 Å². The summed E-state index contributed by atoms with van der Waals surface area (Å²) in [6.07, 6.45) is 0. The summed E-state index contributed by atoms with van der Waals surface area (Å²) in [5.41, 5.74) is 4.15. The zero-order chi connectivity index (χ0) is 15.6. The number of nitrogens with one attached hydrogen (secondary N) is 1. The summed E-state index contributed by atoms with van der Waals surface area (Å²) in [7, 11) is 2.36. The first-order valence-corrected chi connectivity index (χ1v) is 8.80. The maximum atomic E-state index is 3.47. The molecule has 0 aromatic heterocycles. The standard InChI is InChI=1S/C19H25N2S/c1-15-8-9-18(16(2)14-15)22-19-7-5-4-6-17(19)21(3)12-10-20-11-13-21/h4-9,14,20H,10-13H2,1-3H3/q+1. The molecule has 1 aliphatic heterocycles. The second-order valence-corrected chi connectivity index (χ2v) is 7.52. The molecule has 1 N–H and O–H groups in total. The minimum atomic E-state index is 1.03. The number of piperazine rings is 1. The van der Waals surface area contributed by atoms with Crippen LogP contribution in [0.25, 0.3) is 0 Å². The molecule has 22 heavy (non-hydrogen) atoms. The minimum Gasteiger partial charge on any atom is -0.306 e. The summed E-state index contributed by atoms with van der Waals surface area (Å²) in [6.45, 7) is 8.87. The predicted molar refractivity (Wildman–Crippen MR) is 96.8 cm³/mol. The van der Waals surface area contributed by atoms with E-state index < -0.39 is 0 Å². The third kappa shape index (κ3) is 3.22. The number of quaternary nitrogens is 1. The molecule has 0 aliphatic carbocycles. The molecule has 0 saturated carbocycles. The smallest absolute Gasteiger partial charge is 0.146 e. The van der Waals surface area contributed by atoms with E-state index in [0.717, 1.165) is 30.7 Å². The molecule has 0 radical (unpaired) electrons. The van der Waals surface area contributed by atoms with E-state index in [2.05, 4.69) is 68.7 Å². The second kappa shape index (κ2) is 6.45. The minimum absolute atomic E-state index is 1.03. The normalized spacial score (nSPS) is 17.4. The Hall–Kier alpha value is -1.29. The highest BCUT2D eigenvalue weighted by Crippen LogP contribution is 2.39. The highest BCUT2D eigenvalue weighted by Gasteiger charge is 2.29. The van der Waals surface area contributed by atoms with Crippen molar-refractivity contribution in [2.45, 2.75) is 23.6 Å². The Labute approximate surface area is 138 Å². The van der Waals surface area contributed by atoms with E-state index in [0.29, 0.717) is 0 Å². The average molecular weight is 313 g/mol. The van der Waals surface area contributed by atoms with Crippen LogP contribution in [0.3, 0.4) is 0 Å². The summed E-state index contributed by atoms with van der Waals surface area (Å²) >= 11 is 1.91. The molecule has 0 atom stereocenters. The Morgan fingerprint density at radius 2 is 1.68 bits per heavy atom. The van der Waals surface area contributed by atoms with Crippen LogP contribution in [0.15, 0.2) is 52.3 Å². The molecule has 1 saturated heterocycles. The van der Waals surface area contributed by atoms with Crippen LogP contribution in [0.4, 0.5) is 5.69 Å². The summed E-state index contributed by atoms with van der Waals surface area (Å²) < 4.78 is 1.03. The van der Waals surface area contributed by atoms with Gasteiger partial charge in [-0.15, -0.1) is 0 Å². The van der Waals surface area contributed by atoms with E-state index in [1.807, 2.05) is 11.8 Å². The number of aryl methyl sites for hydroxylation is 2. The number of likely N-dealkylation sites (N-methyl/N-ethyl adjacent to an activating group) is 1. The molecule has 3 rings (SSSR count). The van der Waals surface area contributed by atoms with Crippen molar-refractivity contribution < 1.29 is 0 Å². The van der Waals surface area contributed by atoms with Gasteiger partial charge in [0, 0.05) is 24.1 Å². The van der Waals surface area contributed by atoms with Crippen molar-refractivity contribution in [3.05, 3.63) is 53.6 Å². The van der Waals surface area contributed by atoms with Gasteiger partial charge in [0.15, 0.2) is 0 Å². The zero-order valence-corrected chi connectivity index (χ0v) is 14.5. The molecule has 0 bridgehead atoms. The highest BCUT2D eigenvalue weighted by atomic mass is 32.2. The lowest BCUT2D eigenvalue weighted by Gasteiger charge is -2.38. The summed E-state index contributed by atoms with van der Waals surface area (Å²) in [5.74, 6) is 0. The zero-order valence-electron chi connectivity index (χ0n) is 13.7. The van der Waals surface area contributed by atoms with Crippen LogP contribution in [0.2, 0.25) is 0 Å². The molecule has 1 fully saturated rings. The van der Waals surface area contributed by atoms with Crippen molar-refractivity contribution in [3.63, 3.8) is 0 Å². The maximum absolute atomic E-state index is 3.47. The number of hydrogen-bond acceptors (Lipinski definition) is 2. The Morgan fingerprint density at radius 3 is 2.41 bits per heavy atom. The Kier molecular flexibility index (Phi) is 4.57. The van der Waals surface area contributed by atoms with Gasteiger partial charge in [0.1, 0.15) is 5.69 Å². The van der Waals surface area contributed by atoms with Crippen LogP contribution in [0.1, 0.15) is 11.1 Å². The molecule has 0 amide bonds. The van der Waals surface area contributed by atoms with E-state index in [4.69, 9.17) is 0 Å². The fourth-order valence-corrected chi connectivity index (χ4v) is 4.28. The lowest BCUT2D eigenvalue weighted by atomic mass is 10.2. The summed E-state index contributed by atoms with van der Waals surface area (Å²) in [5, 5.41) is 3.47. The molecule has 0 unspecified atom stereocenters. The molecule has 116 valence electrons. The highest BCUT2D eigenvalue weighted by molar-refractivity contribution is 7.99. The van der Waals surface area contributed by atoms with Crippen LogP contribution in [0, 0.1) is 13.8 Å². The van der Waals surface area contributed by atoms with Gasteiger partial charge >= 0.3 is 0 Å². The predicted octanol–water partition coefficient (Wildman–Crippen LogP) is 3.99. The topological polar surface area (TPSA) is 12.0 Å². The first kappa shape index (κ1) is 15.6. The van der Waals surface area contributed by atoms with Crippen LogP contribution >= 0.6 is 11.8 Å². The van der Waals surface area contributed by atoms with Crippen LogP contribution in [-0.4, -0.2) is 33.2 Å². The second-order valence-electron chi connectivity index (χ2n) is 6.43. The number of rotatable bonds is 3. The number of nitrogens with zero attached hydrogens (tertiary/aromatic N) is 1. The van der Waals surface area contributed by atoms with Crippen LogP contribution in [-0.2, 0) is 0 Å². The van der Waals surface area contributed by atoms with Crippen molar-refractivity contribution in [1.29, 1.82) is 0 Å². The van der Waals surface area contributed by atoms with E-state index in [-0.39, 0.29) is 0 Å². The third-order valence-electron chi connectivity index (χ3n) is 4.56. The molecule has 0 spiro atoms. The van der Waals surface area contributed by atoms with Crippen molar-refractivity contribution >= 4 is 17.4 Å². The molecule has 1 aliphatic rings. The summed E-state index contributed by atoms with van der Waals surface area (Å²) in [4.78, 5) is 2.75. The lowest BCUT2D eigenvalue weighted by Crippen LogP contribution is -2.57. The molecule has 1 heterocycles. The largest absolute Gasteiger partial charge is 0.306 e. The molecular formula is C19H25N2S+. The lowest BCUT2D eigenvalue weighted by molar-refractivity contribution is 0.284. The molecule has 3 heteroatoms. The quantitative estimate of drug-likeness (QED) is 0.860. The Morgan fingerprint density at radius 1 is 0.955 bits per heavy atom. The van der Waals surface area contributed by atoms with Gasteiger partial charge in [0.05, 0.1) is 25.0 Å². The number of benzene rings is 2. The van der Waals surface area contributed by atoms with E-state index in [1.54, 1.807) is 0 Å². The Bertz CT molecular complexity index is 660. The van der Waals surface area contributed by atoms with Gasteiger partial charge in [0.2, 0.25) is 0 Å². The van der Waals surface area contributed by atoms with Gasteiger partial charge in [-0.05, 0) is 31.5 Å². The fraction of sp³-hybridized carbons (Fsp3) is 0.368. The monoisotopic (exact) mass is 313 g/mol. The molecule has 2 aromatic carbocycles. The van der Waals surface area contributed by atoms with Crippen molar-refractivity contribution in [3.8, 4) is 0 Å². The SMILES string of the molecule is Cc1ccc(Sc2ccccc2[N+]2(C)CCNCC2)c(C)c1. The van der Waals surface area contributed by atoms with Crippen molar-refractivity contribution in [2.75, 3.05) is 33.2 Å². The Balaban J connectivity index is 1.94. The number of para-hydroxylation sites is 1. The first-order chi connectivity index (χ1) is 10.6. The van der Waals surface area contributed by atoms with Gasteiger partial charge in [-0.2, -0.15) is 0 Å². The van der Waals surface area contributed by atoms with E-state index in [9.17, 15) is 0 Å². The molecule has 2 aromatic rings. The van der Waals surface area contributed by atoms with Gasteiger partial charge in [-0.1, -0.05) is 41.6 Å².